The molecule has 0 aromatic carbocycles. The van der Waals surface area contributed by atoms with Gasteiger partial charge in [0.2, 0.25) is 5.91 Å². The van der Waals surface area contributed by atoms with Crippen molar-refractivity contribution in [2.75, 3.05) is 18.4 Å². The first-order valence-electron chi connectivity index (χ1n) is 9.50. The van der Waals surface area contributed by atoms with Crippen LogP contribution in [0, 0.1) is 6.92 Å². The number of ether oxygens (including phenoxy) is 1. The van der Waals surface area contributed by atoms with Gasteiger partial charge < -0.3 is 20.7 Å². The van der Waals surface area contributed by atoms with Crippen molar-refractivity contribution in [2.24, 2.45) is 0 Å². The number of amides is 2. The first-order chi connectivity index (χ1) is 13.2. The van der Waals surface area contributed by atoms with Gasteiger partial charge >= 0.3 is 6.09 Å². The van der Waals surface area contributed by atoms with Gasteiger partial charge in [0.1, 0.15) is 11.4 Å². The van der Waals surface area contributed by atoms with Crippen LogP contribution in [0.2, 0.25) is 0 Å². The number of alkyl carbamates (subject to hydrolysis) is 1. The second kappa shape index (κ2) is 9.59. The molecule has 3 N–H and O–H groups in total. The van der Waals surface area contributed by atoms with Crippen LogP contribution >= 0.6 is 0 Å². The zero-order chi connectivity index (χ0) is 20.7. The molecule has 2 aliphatic rings. The van der Waals surface area contributed by atoms with E-state index in [4.69, 9.17) is 4.74 Å². The number of hydrogen-bond acceptors (Lipinski definition) is 7. The number of nitrogens with zero attached hydrogens (tertiary/aromatic N) is 2. The number of aromatic nitrogens is 2. The molecule has 28 heavy (non-hydrogen) atoms. The van der Waals surface area contributed by atoms with Crippen molar-refractivity contribution in [2.45, 2.75) is 65.0 Å². The van der Waals surface area contributed by atoms with E-state index in [1.54, 1.807) is 0 Å². The molecule has 0 bridgehead atoms. The predicted molar refractivity (Wildman–Crippen MR) is 104 cm³/mol. The van der Waals surface area contributed by atoms with Crippen molar-refractivity contribution in [1.29, 1.82) is 0 Å². The number of piperidine rings is 1. The van der Waals surface area contributed by atoms with E-state index in [-0.39, 0.29) is 23.9 Å². The Bertz CT molecular complexity index is 724. The maximum Gasteiger partial charge on any atom is 0.407 e. The Morgan fingerprint density at radius 1 is 1.21 bits per heavy atom. The quantitative estimate of drug-likeness (QED) is 0.656. The third-order valence-electron chi connectivity index (χ3n) is 4.26. The zero-order valence-corrected chi connectivity index (χ0v) is 16.9. The number of nitrogens with one attached hydrogen (secondary N) is 3. The van der Waals surface area contributed by atoms with Gasteiger partial charge in [-0.3, -0.25) is 9.59 Å². The minimum Gasteiger partial charge on any atom is -0.444 e. The number of rotatable bonds is 2. The molecule has 154 valence electrons. The monoisotopic (exact) mass is 391 g/mol. The van der Waals surface area contributed by atoms with E-state index in [9.17, 15) is 14.4 Å². The lowest BCUT2D eigenvalue weighted by atomic mass is 10.1. The molecule has 9 heteroatoms. The second-order valence-electron chi connectivity index (χ2n) is 7.83. The third kappa shape index (κ3) is 6.88. The molecule has 1 aromatic heterocycles. The Kier molecular flexibility index (Phi) is 7.45. The average molecular weight is 391 g/mol. The number of carbonyl (C=O) groups excluding carboxylic acids is 3. The summed E-state index contributed by atoms with van der Waals surface area (Å²) in [6.07, 6.45) is 3.35. The Labute approximate surface area is 165 Å². The van der Waals surface area contributed by atoms with Gasteiger partial charge in [0.05, 0.1) is 0 Å². The summed E-state index contributed by atoms with van der Waals surface area (Å²) >= 11 is 0. The van der Waals surface area contributed by atoms with Crippen LogP contribution in [0.1, 0.15) is 61.9 Å². The van der Waals surface area contributed by atoms with Gasteiger partial charge in [0, 0.05) is 23.7 Å². The van der Waals surface area contributed by atoms with Crippen LogP contribution in [0.4, 0.5) is 10.6 Å². The molecule has 3 heterocycles. The molecule has 0 spiro atoms. The standard InChI is InChI=1S/C10H20N2O2.C9H9N3O2/c1-10(2,3)14-9(13)12-8-4-6-11-7-5-8;1-5-6-2-3-8(14)12-9(6)11-7(4-13)10-5/h8,11H,4-7H2,1-3H3,(H,12,13);4H,2-3H2,1H3,(H,10,11,12,14). The molecule has 1 saturated heterocycles. The first-order valence-corrected chi connectivity index (χ1v) is 9.50. The van der Waals surface area contributed by atoms with Gasteiger partial charge in [-0.2, -0.15) is 0 Å². The minimum absolute atomic E-state index is 0.0625. The van der Waals surface area contributed by atoms with Crippen LogP contribution in [0.3, 0.4) is 0 Å². The van der Waals surface area contributed by atoms with Crippen molar-refractivity contribution in [3.8, 4) is 0 Å². The Hall–Kier alpha value is -2.55. The second-order valence-corrected chi connectivity index (χ2v) is 7.83. The first kappa shape index (κ1) is 21.7. The highest BCUT2D eigenvalue weighted by Crippen LogP contribution is 2.22. The molecule has 0 radical (unpaired) electrons. The predicted octanol–water partition coefficient (Wildman–Crippen LogP) is 1.75. The average Bonchev–Trinajstić information content (AvgIpc) is 2.61. The van der Waals surface area contributed by atoms with Gasteiger partial charge in [-0.05, 0) is 60.0 Å². The summed E-state index contributed by atoms with van der Waals surface area (Å²) in [4.78, 5) is 40.9. The summed E-state index contributed by atoms with van der Waals surface area (Å²) in [5, 5.41) is 8.74. The van der Waals surface area contributed by atoms with E-state index in [0.29, 0.717) is 24.9 Å². The summed E-state index contributed by atoms with van der Waals surface area (Å²) in [5.41, 5.74) is 1.28. The molecule has 0 atom stereocenters. The molecule has 9 nitrogen and oxygen atoms in total. The number of hydrogen-bond donors (Lipinski definition) is 3. The lowest BCUT2D eigenvalue weighted by Gasteiger charge is -2.26. The van der Waals surface area contributed by atoms with Gasteiger partial charge in [-0.25, -0.2) is 14.8 Å². The van der Waals surface area contributed by atoms with Gasteiger partial charge in [-0.15, -0.1) is 0 Å². The maximum atomic E-state index is 11.4. The molecule has 0 saturated carbocycles. The lowest BCUT2D eigenvalue weighted by molar-refractivity contribution is -0.116. The molecule has 0 aliphatic carbocycles. The number of carbonyl (C=O) groups is 3. The van der Waals surface area contributed by atoms with Crippen molar-refractivity contribution < 1.29 is 19.1 Å². The van der Waals surface area contributed by atoms with Gasteiger partial charge in [0.25, 0.3) is 0 Å². The van der Waals surface area contributed by atoms with Crippen molar-refractivity contribution in [3.63, 3.8) is 0 Å². The summed E-state index contributed by atoms with van der Waals surface area (Å²) < 4.78 is 5.17. The summed E-state index contributed by atoms with van der Waals surface area (Å²) in [7, 11) is 0. The summed E-state index contributed by atoms with van der Waals surface area (Å²) in [6.45, 7) is 9.37. The van der Waals surface area contributed by atoms with Gasteiger partial charge in [-0.1, -0.05) is 0 Å². The van der Waals surface area contributed by atoms with E-state index in [2.05, 4.69) is 25.9 Å². The topological polar surface area (TPSA) is 122 Å². The van der Waals surface area contributed by atoms with Crippen molar-refractivity contribution in [1.82, 2.24) is 20.6 Å². The normalized spacial score (nSPS) is 16.8. The highest BCUT2D eigenvalue weighted by Gasteiger charge is 2.21. The Morgan fingerprint density at radius 2 is 1.89 bits per heavy atom. The zero-order valence-electron chi connectivity index (χ0n) is 16.9. The molecule has 0 unspecified atom stereocenters. The van der Waals surface area contributed by atoms with Crippen LogP contribution in [-0.4, -0.2) is 53.0 Å². The molecular formula is C19H29N5O4. The van der Waals surface area contributed by atoms with E-state index in [0.717, 1.165) is 37.2 Å². The van der Waals surface area contributed by atoms with E-state index in [1.807, 2.05) is 27.7 Å². The molecule has 2 amide bonds. The van der Waals surface area contributed by atoms with Crippen molar-refractivity contribution in [3.05, 3.63) is 17.1 Å². The maximum absolute atomic E-state index is 11.4. The summed E-state index contributed by atoms with van der Waals surface area (Å²) in [6, 6.07) is 0.270. The van der Waals surface area contributed by atoms with Crippen LogP contribution in [-0.2, 0) is 16.0 Å². The number of anilines is 1. The van der Waals surface area contributed by atoms with E-state index in [1.165, 1.54) is 0 Å². The lowest BCUT2D eigenvalue weighted by Crippen LogP contribution is -2.44. The SMILES string of the molecule is CC(C)(C)OC(=O)NC1CCNCC1.Cc1nc(C=O)nc2c1CCC(=O)N2. The van der Waals surface area contributed by atoms with Crippen LogP contribution in [0.15, 0.2) is 0 Å². The molecule has 2 aliphatic heterocycles. The highest BCUT2D eigenvalue weighted by atomic mass is 16.6. The van der Waals surface area contributed by atoms with E-state index < -0.39 is 5.60 Å². The molecule has 1 aromatic rings. The molecule has 1 fully saturated rings. The summed E-state index contributed by atoms with van der Waals surface area (Å²) in [5.74, 6) is 0.534. The Balaban J connectivity index is 0.000000200. The smallest absolute Gasteiger partial charge is 0.407 e. The van der Waals surface area contributed by atoms with Crippen LogP contribution in [0.5, 0.6) is 0 Å². The highest BCUT2D eigenvalue weighted by molar-refractivity contribution is 5.93. The fraction of sp³-hybridized carbons (Fsp3) is 0.632. The fourth-order valence-corrected chi connectivity index (χ4v) is 2.95. The number of aldehydes is 1. The van der Waals surface area contributed by atoms with Gasteiger partial charge in [0.15, 0.2) is 12.1 Å². The van der Waals surface area contributed by atoms with Crippen molar-refractivity contribution >= 4 is 24.1 Å². The molecular weight excluding hydrogens is 362 g/mol. The minimum atomic E-state index is -0.406. The van der Waals surface area contributed by atoms with Crippen LogP contribution < -0.4 is 16.0 Å². The third-order valence-corrected chi connectivity index (χ3v) is 4.26. The fourth-order valence-electron chi connectivity index (χ4n) is 2.95. The van der Waals surface area contributed by atoms with E-state index >= 15 is 0 Å². The number of fused-ring (bicyclic) bond motifs is 1. The number of aryl methyl sites for hydroxylation is 1. The largest absolute Gasteiger partial charge is 0.444 e. The Morgan fingerprint density at radius 3 is 2.50 bits per heavy atom. The molecule has 3 rings (SSSR count). The van der Waals surface area contributed by atoms with Crippen LogP contribution in [0.25, 0.3) is 0 Å².